The first-order valence-electron chi connectivity index (χ1n) is 7.05. The zero-order valence-electron chi connectivity index (χ0n) is 12.5. The molecule has 0 unspecified atom stereocenters. The van der Waals surface area contributed by atoms with E-state index in [1.54, 1.807) is 24.3 Å². The van der Waals surface area contributed by atoms with Crippen molar-refractivity contribution < 1.29 is 18.4 Å². The minimum Gasteiger partial charge on any atom is -0.455 e. The Morgan fingerprint density at radius 1 is 1.17 bits per heavy atom. The molecule has 0 bridgehead atoms. The van der Waals surface area contributed by atoms with Gasteiger partial charge < -0.3 is 9.94 Å². The van der Waals surface area contributed by atoms with E-state index in [0.29, 0.717) is 29.3 Å². The van der Waals surface area contributed by atoms with Crippen molar-refractivity contribution in [2.24, 2.45) is 5.16 Å². The van der Waals surface area contributed by atoms with Gasteiger partial charge in [0.2, 0.25) is 10.0 Å². The van der Waals surface area contributed by atoms with Crippen molar-refractivity contribution in [1.29, 1.82) is 0 Å². The van der Waals surface area contributed by atoms with Crippen molar-refractivity contribution in [1.82, 2.24) is 0 Å². The van der Waals surface area contributed by atoms with E-state index in [1.807, 2.05) is 18.2 Å². The van der Waals surface area contributed by atoms with Crippen LogP contribution in [0.5, 0.6) is 11.5 Å². The summed E-state index contributed by atoms with van der Waals surface area (Å²) < 4.78 is 31.5. The van der Waals surface area contributed by atoms with E-state index in [0.717, 1.165) is 23.8 Å². The number of aryl methyl sites for hydroxylation is 1. The SMILES string of the molecule is CS(=O)(=O)Nc1cc2c(cc1Oc1ccccc1)CC/C2=N/O. The van der Waals surface area contributed by atoms with Gasteiger partial charge in [-0.2, -0.15) is 0 Å². The molecule has 0 radical (unpaired) electrons. The normalized spacial score (nSPS) is 15.4. The van der Waals surface area contributed by atoms with Gasteiger partial charge >= 0.3 is 0 Å². The third-order valence-electron chi connectivity index (χ3n) is 3.53. The van der Waals surface area contributed by atoms with Gasteiger partial charge in [-0.05, 0) is 42.7 Å². The Kier molecular flexibility index (Phi) is 3.96. The lowest BCUT2D eigenvalue weighted by Crippen LogP contribution is -2.11. The van der Waals surface area contributed by atoms with Crippen LogP contribution in [-0.2, 0) is 16.4 Å². The fourth-order valence-corrected chi connectivity index (χ4v) is 3.13. The standard InChI is InChI=1S/C16H16N2O4S/c1-23(20,21)18-15-10-13-11(7-8-14(13)17-19)9-16(15)22-12-5-3-2-4-6-12/h2-6,9-10,18-19H,7-8H2,1H3/b17-14-. The molecule has 1 aliphatic carbocycles. The second-order valence-corrected chi connectivity index (χ2v) is 7.09. The molecule has 0 saturated carbocycles. The summed E-state index contributed by atoms with van der Waals surface area (Å²) in [5.74, 6) is 1.03. The van der Waals surface area contributed by atoms with Crippen LogP contribution in [0.4, 0.5) is 5.69 Å². The van der Waals surface area contributed by atoms with Gasteiger partial charge in [-0.15, -0.1) is 0 Å². The fourth-order valence-electron chi connectivity index (χ4n) is 2.57. The first kappa shape index (κ1) is 15.4. The first-order chi connectivity index (χ1) is 11.0. The van der Waals surface area contributed by atoms with Crippen LogP contribution in [0, 0.1) is 0 Å². The molecule has 6 nitrogen and oxygen atoms in total. The molecule has 2 aromatic rings. The summed E-state index contributed by atoms with van der Waals surface area (Å²) in [5.41, 5.74) is 2.56. The average molecular weight is 332 g/mol. The maximum Gasteiger partial charge on any atom is 0.229 e. The number of anilines is 1. The summed E-state index contributed by atoms with van der Waals surface area (Å²) in [5, 5.41) is 12.3. The number of nitrogens with zero attached hydrogens (tertiary/aromatic N) is 1. The number of fused-ring (bicyclic) bond motifs is 1. The highest BCUT2D eigenvalue weighted by atomic mass is 32.2. The van der Waals surface area contributed by atoms with Gasteiger partial charge in [-0.3, -0.25) is 4.72 Å². The number of benzene rings is 2. The second kappa shape index (κ2) is 5.92. The largest absolute Gasteiger partial charge is 0.455 e. The molecular formula is C16H16N2O4S. The van der Waals surface area contributed by atoms with Crippen molar-refractivity contribution in [2.75, 3.05) is 11.0 Å². The topological polar surface area (TPSA) is 88.0 Å². The highest BCUT2D eigenvalue weighted by molar-refractivity contribution is 7.92. The number of rotatable bonds is 4. The minimum absolute atomic E-state index is 0.318. The zero-order valence-corrected chi connectivity index (χ0v) is 13.3. The number of hydrogen-bond acceptors (Lipinski definition) is 5. The molecule has 0 aliphatic heterocycles. The maximum atomic E-state index is 11.6. The van der Waals surface area contributed by atoms with Crippen molar-refractivity contribution in [3.8, 4) is 11.5 Å². The lowest BCUT2D eigenvalue weighted by Gasteiger charge is -2.14. The monoisotopic (exact) mass is 332 g/mol. The Bertz CT molecular complexity index is 861. The van der Waals surface area contributed by atoms with E-state index in [-0.39, 0.29) is 0 Å². The molecule has 2 N–H and O–H groups in total. The summed E-state index contributed by atoms with van der Waals surface area (Å²) in [6, 6.07) is 12.6. The van der Waals surface area contributed by atoms with E-state index in [9.17, 15) is 8.42 Å². The Labute approximate surface area is 134 Å². The highest BCUT2D eigenvalue weighted by Crippen LogP contribution is 2.36. The molecule has 7 heteroatoms. The van der Waals surface area contributed by atoms with Crippen LogP contribution in [0.1, 0.15) is 17.5 Å². The van der Waals surface area contributed by atoms with Crippen molar-refractivity contribution in [3.05, 3.63) is 53.6 Å². The van der Waals surface area contributed by atoms with E-state index in [4.69, 9.17) is 9.94 Å². The lowest BCUT2D eigenvalue weighted by atomic mass is 10.1. The second-order valence-electron chi connectivity index (χ2n) is 5.34. The molecule has 0 saturated heterocycles. The van der Waals surface area contributed by atoms with Gasteiger partial charge in [-0.1, -0.05) is 23.4 Å². The number of sulfonamides is 1. The lowest BCUT2D eigenvalue weighted by molar-refractivity contribution is 0.318. The third kappa shape index (κ3) is 3.45. The molecule has 0 fully saturated rings. The predicted octanol–water partition coefficient (Wildman–Crippen LogP) is 2.97. The molecule has 0 heterocycles. The van der Waals surface area contributed by atoms with Crippen LogP contribution >= 0.6 is 0 Å². The molecule has 23 heavy (non-hydrogen) atoms. The van der Waals surface area contributed by atoms with Crippen LogP contribution in [-0.4, -0.2) is 25.6 Å². The van der Waals surface area contributed by atoms with Gasteiger partial charge in [0.25, 0.3) is 0 Å². The van der Waals surface area contributed by atoms with Gasteiger partial charge in [-0.25, -0.2) is 8.42 Å². The van der Waals surface area contributed by atoms with E-state index >= 15 is 0 Å². The highest BCUT2D eigenvalue weighted by Gasteiger charge is 2.22. The average Bonchev–Trinajstić information content (AvgIpc) is 2.89. The van der Waals surface area contributed by atoms with Crippen molar-refractivity contribution >= 4 is 21.4 Å². The molecule has 3 rings (SSSR count). The maximum absolute atomic E-state index is 11.6. The van der Waals surface area contributed by atoms with Gasteiger partial charge in [0.05, 0.1) is 17.7 Å². The molecule has 0 amide bonds. The predicted molar refractivity (Wildman–Crippen MR) is 88.1 cm³/mol. The van der Waals surface area contributed by atoms with Crippen molar-refractivity contribution in [3.63, 3.8) is 0 Å². The Morgan fingerprint density at radius 3 is 2.57 bits per heavy atom. The molecular weight excluding hydrogens is 316 g/mol. The minimum atomic E-state index is -3.47. The quantitative estimate of drug-likeness (QED) is 0.665. The first-order valence-corrected chi connectivity index (χ1v) is 8.94. The summed E-state index contributed by atoms with van der Waals surface area (Å²) in [6.07, 6.45) is 2.41. The van der Waals surface area contributed by atoms with Crippen molar-refractivity contribution in [2.45, 2.75) is 12.8 Å². The molecule has 0 aromatic heterocycles. The van der Waals surface area contributed by atoms with Crippen LogP contribution < -0.4 is 9.46 Å². The third-order valence-corrected chi connectivity index (χ3v) is 4.13. The Morgan fingerprint density at radius 2 is 1.91 bits per heavy atom. The van der Waals surface area contributed by atoms with Crippen LogP contribution in [0.3, 0.4) is 0 Å². The molecule has 1 aliphatic rings. The van der Waals surface area contributed by atoms with Gasteiger partial charge in [0.1, 0.15) is 5.75 Å². The van der Waals surface area contributed by atoms with Gasteiger partial charge in [0.15, 0.2) is 5.75 Å². The van der Waals surface area contributed by atoms with E-state index in [2.05, 4.69) is 9.88 Å². The number of oxime groups is 1. The van der Waals surface area contributed by atoms with Gasteiger partial charge in [0, 0.05) is 5.56 Å². The summed E-state index contributed by atoms with van der Waals surface area (Å²) in [7, 11) is -3.47. The number of nitrogens with one attached hydrogen (secondary N) is 1. The molecule has 2 aromatic carbocycles. The van der Waals surface area contributed by atoms with E-state index < -0.39 is 10.0 Å². The Hall–Kier alpha value is -2.54. The number of para-hydroxylation sites is 1. The number of ether oxygens (including phenoxy) is 1. The van der Waals surface area contributed by atoms with Crippen LogP contribution in [0.25, 0.3) is 0 Å². The Balaban J connectivity index is 2.06. The zero-order chi connectivity index (χ0) is 16.4. The van der Waals surface area contributed by atoms with Crippen LogP contribution in [0.2, 0.25) is 0 Å². The number of hydrogen-bond donors (Lipinski definition) is 2. The molecule has 120 valence electrons. The molecule has 0 atom stereocenters. The van der Waals surface area contributed by atoms with E-state index in [1.165, 1.54) is 0 Å². The van der Waals surface area contributed by atoms with Crippen LogP contribution in [0.15, 0.2) is 47.6 Å². The fraction of sp³-hybridized carbons (Fsp3) is 0.188. The summed E-state index contributed by atoms with van der Waals surface area (Å²) >= 11 is 0. The molecule has 0 spiro atoms. The summed E-state index contributed by atoms with van der Waals surface area (Å²) in [4.78, 5) is 0. The summed E-state index contributed by atoms with van der Waals surface area (Å²) in [6.45, 7) is 0. The smallest absolute Gasteiger partial charge is 0.229 e.